The van der Waals surface area contributed by atoms with Gasteiger partial charge in [0, 0.05) is 0 Å². The van der Waals surface area contributed by atoms with Crippen LogP contribution in [0.5, 0.6) is 0 Å². The average molecular weight is 191 g/mol. The molecule has 0 fully saturated rings. The largest absolute Gasteiger partial charge is 0.480 e. The Morgan fingerprint density at radius 1 is 1.75 bits per heavy atom. The van der Waals surface area contributed by atoms with Crippen molar-refractivity contribution in [1.29, 1.82) is 0 Å². The lowest BCUT2D eigenvalue weighted by atomic mass is 10.2. The molecule has 0 heterocycles. The molecule has 0 aromatic rings. The third kappa shape index (κ3) is 4.86. The molecule has 5 N–H and O–H groups in total. The fourth-order valence-corrected chi connectivity index (χ4v) is 0.763. The van der Waals surface area contributed by atoms with E-state index in [2.05, 4.69) is 23.1 Å². The number of nitrogens with two attached hydrogens (primary N) is 1. The molecule has 0 unspecified atom stereocenters. The van der Waals surface area contributed by atoms with Crippen molar-refractivity contribution in [2.75, 3.05) is 0 Å². The lowest BCUT2D eigenvalue weighted by Crippen LogP contribution is -2.49. The fourth-order valence-electron chi connectivity index (χ4n) is 0.704. The predicted octanol–water partition coefficient (Wildman–Crippen LogP) is -0.422. The van der Waals surface area contributed by atoms with Gasteiger partial charge in [-0.2, -0.15) is 0 Å². The first-order valence-corrected chi connectivity index (χ1v) is 4.02. The molecule has 0 saturated heterocycles. The first-order chi connectivity index (χ1) is 5.57. The van der Waals surface area contributed by atoms with Gasteiger partial charge in [-0.1, -0.05) is 13.3 Å². The molecule has 0 bridgehead atoms. The number of nitrogens with one attached hydrogen (secondary N) is 2. The summed E-state index contributed by atoms with van der Waals surface area (Å²) < 4.78 is 0. The van der Waals surface area contributed by atoms with E-state index in [0.29, 0.717) is 6.42 Å². The van der Waals surface area contributed by atoms with Gasteiger partial charge in [-0.05, 0) is 18.6 Å². The number of carboxylic acids is 1. The molecule has 0 saturated carbocycles. The number of thiocarbonyl (C=S) groups is 1. The van der Waals surface area contributed by atoms with E-state index in [9.17, 15) is 4.79 Å². The lowest BCUT2D eigenvalue weighted by molar-refractivity contribution is -0.139. The van der Waals surface area contributed by atoms with Crippen LogP contribution in [0.3, 0.4) is 0 Å². The van der Waals surface area contributed by atoms with Crippen LogP contribution in [0, 0.1) is 0 Å². The summed E-state index contributed by atoms with van der Waals surface area (Å²) in [5, 5.41) is 8.67. The Balaban J connectivity index is 3.79. The molecule has 0 rings (SSSR count). The molecule has 70 valence electrons. The van der Waals surface area contributed by atoms with Crippen molar-refractivity contribution >= 4 is 23.3 Å². The minimum absolute atomic E-state index is 0.0392. The van der Waals surface area contributed by atoms with Crippen LogP contribution in [-0.2, 0) is 4.79 Å². The Bertz CT molecular complexity index is 174. The van der Waals surface area contributed by atoms with Crippen LogP contribution in [0.1, 0.15) is 19.8 Å². The van der Waals surface area contributed by atoms with Crippen molar-refractivity contribution in [3.05, 3.63) is 0 Å². The van der Waals surface area contributed by atoms with E-state index < -0.39 is 12.0 Å². The highest BCUT2D eigenvalue weighted by Gasteiger charge is 2.14. The second-order valence-corrected chi connectivity index (χ2v) is 2.75. The van der Waals surface area contributed by atoms with Crippen molar-refractivity contribution in [1.82, 2.24) is 10.9 Å². The third-order valence-corrected chi connectivity index (χ3v) is 1.35. The summed E-state index contributed by atoms with van der Waals surface area (Å²) in [6.07, 6.45) is 1.31. The molecule has 5 nitrogen and oxygen atoms in total. The molecule has 0 aliphatic carbocycles. The molecule has 6 heteroatoms. The molecule has 0 aromatic heterocycles. The first kappa shape index (κ1) is 11.1. The molecule has 12 heavy (non-hydrogen) atoms. The number of hydrazine groups is 1. The van der Waals surface area contributed by atoms with E-state index in [-0.39, 0.29) is 5.11 Å². The topological polar surface area (TPSA) is 87.4 Å². The Hall–Kier alpha value is -0.880. The standard InChI is InChI=1S/C6H13N3O2S/c1-2-3-4(5(10)11)8-9-6(7)12/h4,8H,2-3H2,1H3,(H,10,11)(H3,7,9,12)/t4-/m0/s1. The van der Waals surface area contributed by atoms with Gasteiger partial charge < -0.3 is 10.8 Å². The van der Waals surface area contributed by atoms with E-state index in [4.69, 9.17) is 10.8 Å². The maximum absolute atomic E-state index is 10.5. The third-order valence-electron chi connectivity index (χ3n) is 1.25. The van der Waals surface area contributed by atoms with E-state index >= 15 is 0 Å². The predicted molar refractivity (Wildman–Crippen MR) is 49.4 cm³/mol. The average Bonchev–Trinajstić information content (AvgIpc) is 1.96. The van der Waals surface area contributed by atoms with Gasteiger partial charge in [0.1, 0.15) is 6.04 Å². The minimum Gasteiger partial charge on any atom is -0.480 e. The summed E-state index contributed by atoms with van der Waals surface area (Å²) in [4.78, 5) is 10.5. The van der Waals surface area contributed by atoms with Crippen LogP contribution in [0.25, 0.3) is 0 Å². The number of hydrogen-bond acceptors (Lipinski definition) is 3. The molecule has 1 atom stereocenters. The molecular weight excluding hydrogens is 178 g/mol. The number of aliphatic carboxylic acids is 1. The Kier molecular flexibility index (Phi) is 5.31. The van der Waals surface area contributed by atoms with E-state index in [1.54, 1.807) is 0 Å². The summed E-state index contributed by atoms with van der Waals surface area (Å²) in [5.41, 5.74) is 10.00. The maximum atomic E-state index is 10.5. The quantitative estimate of drug-likeness (QED) is 0.349. The summed E-state index contributed by atoms with van der Waals surface area (Å²) >= 11 is 4.50. The number of hydrogen-bond donors (Lipinski definition) is 4. The number of rotatable bonds is 5. The van der Waals surface area contributed by atoms with Crippen LogP contribution in [0.2, 0.25) is 0 Å². The second kappa shape index (κ2) is 5.73. The van der Waals surface area contributed by atoms with Crippen molar-refractivity contribution in [3.63, 3.8) is 0 Å². The highest BCUT2D eigenvalue weighted by molar-refractivity contribution is 7.80. The van der Waals surface area contributed by atoms with Crippen molar-refractivity contribution in [2.45, 2.75) is 25.8 Å². The first-order valence-electron chi connectivity index (χ1n) is 3.61. The zero-order chi connectivity index (χ0) is 9.56. The van der Waals surface area contributed by atoms with Crippen molar-refractivity contribution < 1.29 is 9.90 Å². The molecule has 0 aliphatic rings. The number of carboxylic acid groups (broad SMARTS) is 1. The monoisotopic (exact) mass is 191 g/mol. The fraction of sp³-hybridized carbons (Fsp3) is 0.667. The summed E-state index contributed by atoms with van der Waals surface area (Å²) in [6, 6.07) is -0.642. The zero-order valence-corrected chi connectivity index (χ0v) is 7.65. The van der Waals surface area contributed by atoms with E-state index in [1.807, 2.05) is 6.92 Å². The molecular formula is C6H13N3O2S. The summed E-state index contributed by atoms with van der Waals surface area (Å²) in [5.74, 6) is -0.916. The summed E-state index contributed by atoms with van der Waals surface area (Å²) in [7, 11) is 0. The van der Waals surface area contributed by atoms with Gasteiger partial charge in [0.05, 0.1) is 0 Å². The van der Waals surface area contributed by atoms with Crippen LogP contribution in [-0.4, -0.2) is 22.2 Å². The van der Waals surface area contributed by atoms with Crippen molar-refractivity contribution in [2.24, 2.45) is 5.73 Å². The molecule has 0 radical (unpaired) electrons. The molecule has 0 spiro atoms. The Labute approximate surface area is 76.3 Å². The van der Waals surface area contributed by atoms with Gasteiger partial charge in [0.25, 0.3) is 0 Å². The van der Waals surface area contributed by atoms with Gasteiger partial charge >= 0.3 is 5.97 Å². The van der Waals surface area contributed by atoms with Crippen LogP contribution in [0.15, 0.2) is 0 Å². The van der Waals surface area contributed by atoms with Gasteiger partial charge in [0.15, 0.2) is 5.11 Å². The van der Waals surface area contributed by atoms with E-state index in [1.165, 1.54) is 0 Å². The number of carbonyl (C=O) groups is 1. The molecule has 0 aromatic carbocycles. The van der Waals surface area contributed by atoms with Crippen LogP contribution < -0.4 is 16.6 Å². The normalized spacial score (nSPS) is 12.1. The van der Waals surface area contributed by atoms with E-state index in [0.717, 1.165) is 6.42 Å². The highest BCUT2D eigenvalue weighted by Crippen LogP contribution is 1.94. The van der Waals surface area contributed by atoms with Crippen LogP contribution in [0.4, 0.5) is 0 Å². The maximum Gasteiger partial charge on any atom is 0.322 e. The van der Waals surface area contributed by atoms with Crippen molar-refractivity contribution in [3.8, 4) is 0 Å². The lowest BCUT2D eigenvalue weighted by Gasteiger charge is -2.13. The smallest absolute Gasteiger partial charge is 0.322 e. The molecule has 0 amide bonds. The molecule has 0 aliphatic heterocycles. The SMILES string of the molecule is CCC[C@H](NNC(N)=S)C(=O)O. The van der Waals surface area contributed by atoms with Gasteiger partial charge in [-0.25, -0.2) is 5.43 Å². The summed E-state index contributed by atoms with van der Waals surface area (Å²) in [6.45, 7) is 1.90. The second-order valence-electron chi connectivity index (χ2n) is 2.31. The minimum atomic E-state index is -0.916. The highest BCUT2D eigenvalue weighted by atomic mass is 32.1. The van der Waals surface area contributed by atoms with Gasteiger partial charge in [-0.15, -0.1) is 0 Å². The van der Waals surface area contributed by atoms with Gasteiger partial charge in [0.2, 0.25) is 0 Å². The Morgan fingerprint density at radius 2 is 2.33 bits per heavy atom. The van der Waals surface area contributed by atoms with Gasteiger partial charge in [-0.3, -0.25) is 10.2 Å². The van der Waals surface area contributed by atoms with Crippen LogP contribution >= 0.6 is 12.2 Å². The Morgan fingerprint density at radius 3 is 2.67 bits per heavy atom. The zero-order valence-electron chi connectivity index (χ0n) is 6.83.